The average molecular weight is 270 g/mol. The fourth-order valence-electron chi connectivity index (χ4n) is 2.11. The van der Waals surface area contributed by atoms with Crippen molar-refractivity contribution in [1.29, 1.82) is 0 Å². The maximum Gasteiger partial charge on any atom is 0.236 e. The van der Waals surface area contributed by atoms with Crippen molar-refractivity contribution < 1.29 is 9.53 Å². The summed E-state index contributed by atoms with van der Waals surface area (Å²) in [4.78, 5) is 11.9. The SMILES string of the molecule is COCCC1(CNC(C)C(=O)NCCC(C)C)CC1. The Balaban J connectivity index is 2.16. The van der Waals surface area contributed by atoms with Crippen LogP contribution < -0.4 is 10.6 Å². The Hall–Kier alpha value is -0.610. The Bertz CT molecular complexity index is 275. The van der Waals surface area contributed by atoms with Gasteiger partial charge in [0.1, 0.15) is 0 Å². The molecule has 1 unspecified atom stereocenters. The van der Waals surface area contributed by atoms with Crippen molar-refractivity contribution in [3.05, 3.63) is 0 Å². The highest BCUT2D eigenvalue weighted by molar-refractivity contribution is 5.81. The monoisotopic (exact) mass is 270 g/mol. The Morgan fingerprint density at radius 1 is 1.32 bits per heavy atom. The van der Waals surface area contributed by atoms with Crippen molar-refractivity contribution in [2.45, 2.75) is 52.5 Å². The smallest absolute Gasteiger partial charge is 0.236 e. The molecule has 0 radical (unpaired) electrons. The van der Waals surface area contributed by atoms with E-state index in [0.717, 1.165) is 32.5 Å². The fraction of sp³-hybridized carbons (Fsp3) is 0.933. The molecule has 0 aromatic rings. The molecule has 1 atom stereocenters. The van der Waals surface area contributed by atoms with E-state index in [1.165, 1.54) is 12.8 Å². The number of carbonyl (C=O) groups excluding carboxylic acids is 1. The van der Waals surface area contributed by atoms with E-state index in [4.69, 9.17) is 4.74 Å². The quantitative estimate of drug-likeness (QED) is 0.638. The van der Waals surface area contributed by atoms with Gasteiger partial charge in [-0.05, 0) is 43.9 Å². The van der Waals surface area contributed by atoms with Crippen LogP contribution in [0.2, 0.25) is 0 Å². The summed E-state index contributed by atoms with van der Waals surface area (Å²) in [7, 11) is 1.74. The van der Waals surface area contributed by atoms with E-state index in [-0.39, 0.29) is 11.9 Å². The number of rotatable bonds is 10. The van der Waals surface area contributed by atoms with Gasteiger partial charge in [0.15, 0.2) is 0 Å². The lowest BCUT2D eigenvalue weighted by atomic mass is 10.0. The predicted molar refractivity (Wildman–Crippen MR) is 78.1 cm³/mol. The lowest BCUT2D eigenvalue weighted by molar-refractivity contribution is -0.122. The number of methoxy groups -OCH3 is 1. The molecule has 1 fully saturated rings. The van der Waals surface area contributed by atoms with E-state index in [2.05, 4.69) is 24.5 Å². The van der Waals surface area contributed by atoms with Crippen molar-refractivity contribution in [3.63, 3.8) is 0 Å². The highest BCUT2D eigenvalue weighted by Crippen LogP contribution is 2.48. The predicted octanol–water partition coefficient (Wildman–Crippen LogP) is 1.94. The lowest BCUT2D eigenvalue weighted by Crippen LogP contribution is -2.44. The summed E-state index contributed by atoms with van der Waals surface area (Å²) in [6.45, 7) is 8.79. The zero-order valence-corrected chi connectivity index (χ0v) is 12.9. The summed E-state index contributed by atoms with van der Waals surface area (Å²) in [5, 5.41) is 6.35. The van der Waals surface area contributed by atoms with Gasteiger partial charge in [-0.25, -0.2) is 0 Å². The van der Waals surface area contributed by atoms with Crippen molar-refractivity contribution in [2.24, 2.45) is 11.3 Å². The Morgan fingerprint density at radius 2 is 2.00 bits per heavy atom. The first-order valence-corrected chi connectivity index (χ1v) is 7.49. The Kier molecular flexibility index (Phi) is 6.80. The first-order valence-electron chi connectivity index (χ1n) is 7.49. The second-order valence-corrected chi connectivity index (χ2v) is 6.32. The molecule has 4 heteroatoms. The highest BCUT2D eigenvalue weighted by atomic mass is 16.5. The number of amides is 1. The lowest BCUT2D eigenvalue weighted by Gasteiger charge is -2.19. The van der Waals surface area contributed by atoms with Gasteiger partial charge in [-0.15, -0.1) is 0 Å². The largest absolute Gasteiger partial charge is 0.385 e. The van der Waals surface area contributed by atoms with Crippen molar-refractivity contribution in [2.75, 3.05) is 26.8 Å². The molecule has 0 aliphatic heterocycles. The van der Waals surface area contributed by atoms with Crippen LogP contribution in [0.5, 0.6) is 0 Å². The van der Waals surface area contributed by atoms with Gasteiger partial charge in [-0.3, -0.25) is 4.79 Å². The minimum Gasteiger partial charge on any atom is -0.385 e. The molecule has 0 spiro atoms. The molecule has 0 saturated heterocycles. The summed E-state index contributed by atoms with van der Waals surface area (Å²) < 4.78 is 5.14. The Morgan fingerprint density at radius 3 is 2.53 bits per heavy atom. The second kappa shape index (κ2) is 7.85. The van der Waals surface area contributed by atoms with Crippen LogP contribution in [0.4, 0.5) is 0 Å². The van der Waals surface area contributed by atoms with Gasteiger partial charge in [-0.2, -0.15) is 0 Å². The molecule has 2 N–H and O–H groups in total. The molecule has 0 heterocycles. The van der Waals surface area contributed by atoms with Crippen LogP contribution in [0.1, 0.15) is 46.5 Å². The molecule has 1 saturated carbocycles. The van der Waals surface area contributed by atoms with Gasteiger partial charge in [0.05, 0.1) is 6.04 Å². The third kappa shape index (κ3) is 6.39. The van der Waals surface area contributed by atoms with E-state index in [0.29, 0.717) is 11.3 Å². The van der Waals surface area contributed by atoms with Crippen LogP contribution >= 0.6 is 0 Å². The van der Waals surface area contributed by atoms with Crippen LogP contribution in [-0.2, 0) is 9.53 Å². The van der Waals surface area contributed by atoms with Gasteiger partial charge in [0, 0.05) is 26.8 Å². The zero-order valence-electron chi connectivity index (χ0n) is 12.9. The maximum absolute atomic E-state index is 11.9. The normalized spacial score (nSPS) is 18.4. The molecular weight excluding hydrogens is 240 g/mol. The van der Waals surface area contributed by atoms with E-state index < -0.39 is 0 Å². The van der Waals surface area contributed by atoms with Crippen LogP contribution in [0, 0.1) is 11.3 Å². The molecule has 19 heavy (non-hydrogen) atoms. The zero-order chi connectivity index (χ0) is 14.3. The number of ether oxygens (including phenoxy) is 1. The summed E-state index contributed by atoms with van der Waals surface area (Å²) in [6, 6.07) is -0.104. The number of nitrogens with one attached hydrogen (secondary N) is 2. The van der Waals surface area contributed by atoms with E-state index in [1.54, 1.807) is 7.11 Å². The third-order valence-corrected chi connectivity index (χ3v) is 3.99. The van der Waals surface area contributed by atoms with Crippen molar-refractivity contribution >= 4 is 5.91 Å². The van der Waals surface area contributed by atoms with E-state index in [9.17, 15) is 4.79 Å². The second-order valence-electron chi connectivity index (χ2n) is 6.32. The summed E-state index contributed by atoms with van der Waals surface area (Å²) in [5.74, 6) is 0.746. The highest BCUT2D eigenvalue weighted by Gasteiger charge is 2.41. The molecule has 1 aliphatic rings. The van der Waals surface area contributed by atoms with Gasteiger partial charge in [-0.1, -0.05) is 13.8 Å². The molecule has 1 rings (SSSR count). The molecule has 112 valence electrons. The molecule has 1 amide bonds. The third-order valence-electron chi connectivity index (χ3n) is 3.99. The van der Waals surface area contributed by atoms with Crippen LogP contribution in [0.15, 0.2) is 0 Å². The molecule has 0 aromatic carbocycles. The minimum absolute atomic E-state index is 0.104. The van der Waals surface area contributed by atoms with Gasteiger partial charge < -0.3 is 15.4 Å². The van der Waals surface area contributed by atoms with Gasteiger partial charge in [0.25, 0.3) is 0 Å². The first-order chi connectivity index (χ1) is 8.99. The molecule has 1 aliphatic carbocycles. The summed E-state index contributed by atoms with van der Waals surface area (Å²) in [6.07, 6.45) is 4.64. The number of hydrogen-bond acceptors (Lipinski definition) is 3. The van der Waals surface area contributed by atoms with E-state index in [1.807, 2.05) is 6.92 Å². The standard InChI is InChI=1S/C15H30N2O2/c1-12(2)5-9-16-14(18)13(3)17-11-15(6-7-15)8-10-19-4/h12-13,17H,5-11H2,1-4H3,(H,16,18). The average Bonchev–Trinajstić information content (AvgIpc) is 3.13. The van der Waals surface area contributed by atoms with Crippen LogP contribution in [0.3, 0.4) is 0 Å². The first kappa shape index (κ1) is 16.4. The number of hydrogen-bond donors (Lipinski definition) is 2. The van der Waals surface area contributed by atoms with Crippen LogP contribution in [0.25, 0.3) is 0 Å². The molecule has 0 aromatic heterocycles. The minimum atomic E-state index is -0.104. The molecular formula is C15H30N2O2. The topological polar surface area (TPSA) is 50.4 Å². The van der Waals surface area contributed by atoms with E-state index >= 15 is 0 Å². The molecule has 4 nitrogen and oxygen atoms in total. The van der Waals surface area contributed by atoms with Gasteiger partial charge in [0.2, 0.25) is 5.91 Å². The maximum atomic E-state index is 11.9. The van der Waals surface area contributed by atoms with Gasteiger partial charge >= 0.3 is 0 Å². The number of carbonyl (C=O) groups is 1. The Labute approximate surface area is 117 Å². The van der Waals surface area contributed by atoms with Crippen LogP contribution in [-0.4, -0.2) is 38.8 Å². The fourth-order valence-corrected chi connectivity index (χ4v) is 2.11. The van der Waals surface area contributed by atoms with Crippen molar-refractivity contribution in [1.82, 2.24) is 10.6 Å². The summed E-state index contributed by atoms with van der Waals surface area (Å²) >= 11 is 0. The molecule has 0 bridgehead atoms. The van der Waals surface area contributed by atoms with Crippen molar-refractivity contribution in [3.8, 4) is 0 Å². The summed E-state index contributed by atoms with van der Waals surface area (Å²) in [5.41, 5.74) is 0.391.